The molecule has 3 N–H and O–H groups in total. The molecule has 1 aliphatic carbocycles. The highest BCUT2D eigenvalue weighted by atomic mass is 19.1. The second kappa shape index (κ2) is 5.10. The Balaban J connectivity index is 2.33. The zero-order valence-corrected chi connectivity index (χ0v) is 10.2. The topological polar surface area (TPSA) is 95.3 Å². The minimum atomic E-state index is -0.664. The number of rotatable bonds is 5. The molecule has 1 aromatic rings. The molecular formula is C12H15FN2O4. The van der Waals surface area contributed by atoms with E-state index in [-0.39, 0.29) is 37.6 Å². The van der Waals surface area contributed by atoms with Gasteiger partial charge >= 0.3 is 5.69 Å². The van der Waals surface area contributed by atoms with Crippen molar-refractivity contribution in [1.29, 1.82) is 0 Å². The van der Waals surface area contributed by atoms with E-state index < -0.39 is 16.7 Å². The summed E-state index contributed by atoms with van der Waals surface area (Å²) in [4.78, 5) is 25.1. The summed E-state index contributed by atoms with van der Waals surface area (Å²) in [5, 5.41) is 18.5. The largest absolute Gasteiger partial charge is 0.396 e. The second-order valence-electron chi connectivity index (χ2n) is 4.87. The van der Waals surface area contributed by atoms with Crippen molar-refractivity contribution in [1.82, 2.24) is 9.55 Å². The van der Waals surface area contributed by atoms with Crippen LogP contribution in [0.1, 0.15) is 12.0 Å². The first-order valence-corrected chi connectivity index (χ1v) is 5.88. The van der Waals surface area contributed by atoms with Gasteiger partial charge in [0.05, 0.1) is 18.5 Å². The number of hydrogen-bond acceptors (Lipinski definition) is 4. The summed E-state index contributed by atoms with van der Waals surface area (Å²) in [6.07, 6.45) is 3.03. The van der Waals surface area contributed by atoms with Gasteiger partial charge in [-0.15, -0.1) is 0 Å². The number of nitrogens with zero attached hydrogens (tertiary/aromatic N) is 1. The summed E-state index contributed by atoms with van der Waals surface area (Å²) in [7, 11) is 0. The molecule has 0 spiro atoms. The molecule has 19 heavy (non-hydrogen) atoms. The first-order valence-electron chi connectivity index (χ1n) is 5.88. The zero-order valence-electron chi connectivity index (χ0n) is 10.2. The SMILES string of the molecule is O=c1[nH]c(=O)n(CC2(CO)CC2CO)cc1C=CF. The average Bonchev–Trinajstić information content (AvgIpc) is 3.09. The molecule has 0 aliphatic heterocycles. The smallest absolute Gasteiger partial charge is 0.328 e. The fourth-order valence-corrected chi connectivity index (χ4v) is 2.30. The quantitative estimate of drug-likeness (QED) is 0.670. The Hall–Kier alpha value is -1.73. The molecule has 0 radical (unpaired) electrons. The monoisotopic (exact) mass is 270 g/mol. The van der Waals surface area contributed by atoms with Gasteiger partial charge in [0.2, 0.25) is 0 Å². The maximum atomic E-state index is 12.1. The van der Waals surface area contributed by atoms with Crippen LogP contribution in [0.15, 0.2) is 22.1 Å². The molecule has 1 saturated carbocycles. The Bertz CT molecular complexity index is 606. The van der Waals surface area contributed by atoms with Crippen molar-refractivity contribution in [2.75, 3.05) is 13.2 Å². The molecule has 0 bridgehead atoms. The number of nitrogens with one attached hydrogen (secondary N) is 1. The Morgan fingerprint density at radius 3 is 2.79 bits per heavy atom. The van der Waals surface area contributed by atoms with Gasteiger partial charge in [-0.2, -0.15) is 0 Å². The lowest BCUT2D eigenvalue weighted by Crippen LogP contribution is -2.34. The number of aromatic nitrogens is 2. The van der Waals surface area contributed by atoms with E-state index in [0.29, 0.717) is 6.42 Å². The Morgan fingerprint density at radius 2 is 2.26 bits per heavy atom. The lowest BCUT2D eigenvalue weighted by atomic mass is 10.1. The van der Waals surface area contributed by atoms with Gasteiger partial charge in [0.1, 0.15) is 0 Å². The first-order chi connectivity index (χ1) is 9.06. The van der Waals surface area contributed by atoms with Gasteiger partial charge in [0.25, 0.3) is 5.56 Å². The summed E-state index contributed by atoms with van der Waals surface area (Å²) in [6.45, 7) is -0.0363. The summed E-state index contributed by atoms with van der Waals surface area (Å²) >= 11 is 0. The van der Waals surface area contributed by atoms with Crippen molar-refractivity contribution < 1.29 is 14.6 Å². The lowest BCUT2D eigenvalue weighted by Gasteiger charge is -2.15. The number of aliphatic hydroxyl groups is 2. The van der Waals surface area contributed by atoms with Gasteiger partial charge in [-0.3, -0.25) is 14.3 Å². The standard InChI is InChI=1S/C12H15FN2O4/c13-2-1-8-4-15(11(19)14-10(8)18)6-12(7-17)3-9(12)5-16/h1-2,4,9,16-17H,3,5-7H2,(H,14,18,19). The Kier molecular flexibility index (Phi) is 3.68. The molecule has 0 aromatic carbocycles. The van der Waals surface area contributed by atoms with Crippen LogP contribution in [0.25, 0.3) is 6.08 Å². The van der Waals surface area contributed by atoms with Gasteiger partial charge in [0, 0.05) is 24.8 Å². The van der Waals surface area contributed by atoms with Crippen molar-refractivity contribution in [3.8, 4) is 0 Å². The van der Waals surface area contributed by atoms with Crippen LogP contribution in [0, 0.1) is 11.3 Å². The fourth-order valence-electron chi connectivity index (χ4n) is 2.30. The van der Waals surface area contributed by atoms with Crippen LogP contribution in [0.3, 0.4) is 0 Å². The molecule has 7 heteroatoms. The molecule has 2 atom stereocenters. The number of H-pyrrole nitrogens is 1. The number of aliphatic hydroxyl groups excluding tert-OH is 2. The minimum absolute atomic E-state index is 0.0244. The van der Waals surface area contributed by atoms with Crippen molar-refractivity contribution >= 4 is 6.08 Å². The lowest BCUT2D eigenvalue weighted by molar-refractivity contribution is 0.156. The van der Waals surface area contributed by atoms with Gasteiger partial charge in [-0.25, -0.2) is 9.18 Å². The molecule has 1 fully saturated rings. The van der Waals surface area contributed by atoms with Crippen LogP contribution < -0.4 is 11.2 Å². The van der Waals surface area contributed by atoms with Crippen LogP contribution in [-0.2, 0) is 6.54 Å². The van der Waals surface area contributed by atoms with E-state index in [1.807, 2.05) is 0 Å². The summed E-state index contributed by atoms with van der Waals surface area (Å²) in [6, 6.07) is 0. The van der Waals surface area contributed by atoms with Gasteiger partial charge in [-0.05, 0) is 18.4 Å². The van der Waals surface area contributed by atoms with E-state index in [1.165, 1.54) is 10.8 Å². The molecule has 104 valence electrons. The third-order valence-electron chi connectivity index (χ3n) is 3.66. The molecule has 6 nitrogen and oxygen atoms in total. The van der Waals surface area contributed by atoms with Crippen LogP contribution in [0.4, 0.5) is 4.39 Å². The van der Waals surface area contributed by atoms with Crippen LogP contribution in [-0.4, -0.2) is 33.0 Å². The Morgan fingerprint density at radius 1 is 1.53 bits per heavy atom. The van der Waals surface area contributed by atoms with E-state index in [1.54, 1.807) is 0 Å². The normalized spacial score (nSPS) is 25.9. The highest BCUT2D eigenvalue weighted by Gasteiger charge is 2.53. The first kappa shape index (κ1) is 13.7. The highest BCUT2D eigenvalue weighted by Crippen LogP contribution is 2.52. The summed E-state index contributed by atoms with van der Waals surface area (Å²) in [5.74, 6) is -0.0588. The van der Waals surface area contributed by atoms with E-state index in [2.05, 4.69) is 4.98 Å². The Labute approximate surface area is 107 Å². The summed E-state index contributed by atoms with van der Waals surface area (Å²) < 4.78 is 13.4. The second-order valence-corrected chi connectivity index (χ2v) is 4.87. The summed E-state index contributed by atoms with van der Waals surface area (Å²) in [5.41, 5.74) is -1.79. The van der Waals surface area contributed by atoms with Crippen LogP contribution in [0.5, 0.6) is 0 Å². The molecule has 1 aliphatic rings. The van der Waals surface area contributed by atoms with Gasteiger partial charge < -0.3 is 10.2 Å². The zero-order chi connectivity index (χ0) is 14.0. The van der Waals surface area contributed by atoms with Gasteiger partial charge in [-0.1, -0.05) is 0 Å². The molecule has 2 unspecified atom stereocenters. The number of hydrogen-bond donors (Lipinski definition) is 3. The molecule has 1 heterocycles. The minimum Gasteiger partial charge on any atom is -0.396 e. The van der Waals surface area contributed by atoms with Crippen molar-refractivity contribution in [2.24, 2.45) is 11.3 Å². The molecule has 1 aromatic heterocycles. The fraction of sp³-hybridized carbons (Fsp3) is 0.500. The maximum absolute atomic E-state index is 12.1. The van der Waals surface area contributed by atoms with Crippen molar-refractivity contribution in [3.63, 3.8) is 0 Å². The molecule has 0 amide bonds. The van der Waals surface area contributed by atoms with Crippen LogP contribution >= 0.6 is 0 Å². The number of halogens is 1. The average molecular weight is 270 g/mol. The highest BCUT2D eigenvalue weighted by molar-refractivity contribution is 5.44. The van der Waals surface area contributed by atoms with E-state index in [9.17, 15) is 19.1 Å². The molecule has 0 saturated heterocycles. The van der Waals surface area contributed by atoms with E-state index in [4.69, 9.17) is 5.11 Å². The van der Waals surface area contributed by atoms with Crippen molar-refractivity contribution in [2.45, 2.75) is 13.0 Å². The van der Waals surface area contributed by atoms with Gasteiger partial charge in [0.15, 0.2) is 0 Å². The third-order valence-corrected chi connectivity index (χ3v) is 3.66. The predicted octanol–water partition coefficient (Wildman–Crippen LogP) is -0.532. The maximum Gasteiger partial charge on any atom is 0.328 e. The molecule has 2 rings (SSSR count). The van der Waals surface area contributed by atoms with E-state index in [0.717, 1.165) is 6.08 Å². The number of aromatic amines is 1. The van der Waals surface area contributed by atoms with Crippen molar-refractivity contribution in [3.05, 3.63) is 38.9 Å². The van der Waals surface area contributed by atoms with Crippen LogP contribution in [0.2, 0.25) is 0 Å². The molecular weight excluding hydrogens is 255 g/mol. The van der Waals surface area contributed by atoms with E-state index >= 15 is 0 Å². The predicted molar refractivity (Wildman–Crippen MR) is 66.2 cm³/mol. The third kappa shape index (κ3) is 2.52.